The second kappa shape index (κ2) is 5.14. The summed E-state index contributed by atoms with van der Waals surface area (Å²) in [6, 6.07) is 4.94. The van der Waals surface area contributed by atoms with Crippen LogP contribution in [0.2, 0.25) is 0 Å². The van der Waals surface area contributed by atoms with Gasteiger partial charge in [-0.05, 0) is 46.6 Å². The molecule has 6 heteroatoms. The van der Waals surface area contributed by atoms with Gasteiger partial charge in [0.05, 0.1) is 5.56 Å². The molecule has 1 aromatic heterocycles. The van der Waals surface area contributed by atoms with Crippen molar-refractivity contribution in [1.82, 2.24) is 9.97 Å². The minimum atomic E-state index is -0.990. The fourth-order valence-electron chi connectivity index (χ4n) is 1.35. The molecule has 0 amide bonds. The first-order chi connectivity index (χ1) is 8.56. The van der Waals surface area contributed by atoms with Crippen LogP contribution in [0.15, 0.2) is 35.1 Å². The quantitative estimate of drug-likeness (QED) is 0.911. The van der Waals surface area contributed by atoms with E-state index < -0.39 is 5.97 Å². The molecule has 0 saturated heterocycles. The highest BCUT2D eigenvalue weighted by molar-refractivity contribution is 9.10. The number of hydrogen-bond acceptors (Lipinski definition) is 4. The van der Waals surface area contributed by atoms with Gasteiger partial charge in [-0.15, -0.1) is 0 Å². The average molecular weight is 308 g/mol. The van der Waals surface area contributed by atoms with E-state index in [-0.39, 0.29) is 5.56 Å². The lowest BCUT2D eigenvalue weighted by Gasteiger charge is -2.06. The minimum Gasteiger partial charge on any atom is -0.478 e. The summed E-state index contributed by atoms with van der Waals surface area (Å²) in [6.45, 7) is 1.89. The summed E-state index contributed by atoms with van der Waals surface area (Å²) in [4.78, 5) is 19.2. The summed E-state index contributed by atoms with van der Waals surface area (Å²) in [5.41, 5.74) is 1.77. The van der Waals surface area contributed by atoms with E-state index in [2.05, 4.69) is 31.2 Å². The second-order valence-electron chi connectivity index (χ2n) is 3.71. The van der Waals surface area contributed by atoms with Gasteiger partial charge >= 0.3 is 5.97 Å². The SMILES string of the molecule is Cc1cnc(Nc2ccc(Br)c(C(=O)O)c2)nc1. The van der Waals surface area contributed by atoms with Crippen molar-refractivity contribution in [3.8, 4) is 0 Å². The number of benzene rings is 1. The molecule has 0 atom stereocenters. The normalized spacial score (nSPS) is 10.1. The summed E-state index contributed by atoms with van der Waals surface area (Å²) in [6.07, 6.45) is 3.37. The van der Waals surface area contributed by atoms with Crippen LogP contribution in [-0.2, 0) is 0 Å². The first-order valence-electron chi connectivity index (χ1n) is 5.15. The molecule has 92 valence electrons. The van der Waals surface area contributed by atoms with Crippen molar-refractivity contribution in [2.75, 3.05) is 5.32 Å². The van der Waals surface area contributed by atoms with Crippen LogP contribution in [0.25, 0.3) is 0 Å². The van der Waals surface area contributed by atoms with Crippen molar-refractivity contribution in [3.63, 3.8) is 0 Å². The van der Waals surface area contributed by atoms with Gasteiger partial charge in [-0.25, -0.2) is 14.8 Å². The highest BCUT2D eigenvalue weighted by atomic mass is 79.9. The largest absolute Gasteiger partial charge is 0.478 e. The monoisotopic (exact) mass is 307 g/mol. The lowest BCUT2D eigenvalue weighted by molar-refractivity contribution is 0.0696. The number of nitrogens with zero attached hydrogens (tertiary/aromatic N) is 2. The lowest BCUT2D eigenvalue weighted by Crippen LogP contribution is -2.01. The van der Waals surface area contributed by atoms with E-state index in [9.17, 15) is 4.79 Å². The molecule has 0 aliphatic carbocycles. The van der Waals surface area contributed by atoms with Gasteiger partial charge in [0.1, 0.15) is 0 Å². The number of nitrogens with one attached hydrogen (secondary N) is 1. The topological polar surface area (TPSA) is 75.1 Å². The molecule has 2 N–H and O–H groups in total. The van der Waals surface area contributed by atoms with Gasteiger partial charge in [0.15, 0.2) is 0 Å². The van der Waals surface area contributed by atoms with Gasteiger partial charge in [-0.2, -0.15) is 0 Å². The number of carboxylic acid groups (broad SMARTS) is 1. The molecule has 0 radical (unpaired) electrons. The predicted octanol–water partition coefficient (Wildman–Crippen LogP) is 2.99. The first-order valence-corrected chi connectivity index (χ1v) is 5.94. The smallest absolute Gasteiger partial charge is 0.336 e. The number of rotatable bonds is 3. The second-order valence-corrected chi connectivity index (χ2v) is 4.56. The third-order valence-corrected chi connectivity index (χ3v) is 2.93. The number of carbonyl (C=O) groups is 1. The van der Waals surface area contributed by atoms with Crippen molar-refractivity contribution in [2.24, 2.45) is 0 Å². The van der Waals surface area contributed by atoms with E-state index in [1.807, 2.05) is 6.92 Å². The Labute approximate surface area is 112 Å². The van der Waals surface area contributed by atoms with Crippen molar-refractivity contribution < 1.29 is 9.90 Å². The molecule has 0 aliphatic heterocycles. The summed E-state index contributed by atoms with van der Waals surface area (Å²) >= 11 is 3.19. The van der Waals surface area contributed by atoms with E-state index in [1.54, 1.807) is 24.5 Å². The number of aromatic carboxylic acids is 1. The predicted molar refractivity (Wildman–Crippen MR) is 71.2 cm³/mol. The Morgan fingerprint density at radius 3 is 2.61 bits per heavy atom. The Morgan fingerprint density at radius 1 is 1.33 bits per heavy atom. The Morgan fingerprint density at radius 2 is 2.00 bits per heavy atom. The van der Waals surface area contributed by atoms with Crippen molar-refractivity contribution in [3.05, 3.63) is 46.2 Å². The summed E-state index contributed by atoms with van der Waals surface area (Å²) in [7, 11) is 0. The molecule has 0 fully saturated rings. The van der Waals surface area contributed by atoms with Gasteiger partial charge in [-0.3, -0.25) is 0 Å². The number of anilines is 2. The fraction of sp³-hybridized carbons (Fsp3) is 0.0833. The summed E-state index contributed by atoms with van der Waals surface area (Å²) in [5, 5.41) is 12.0. The van der Waals surface area contributed by atoms with Crippen molar-refractivity contribution >= 4 is 33.5 Å². The summed E-state index contributed by atoms with van der Waals surface area (Å²) in [5.74, 6) is -0.561. The maximum Gasteiger partial charge on any atom is 0.336 e. The van der Waals surface area contributed by atoms with Crippen molar-refractivity contribution in [1.29, 1.82) is 0 Å². The van der Waals surface area contributed by atoms with E-state index in [1.165, 1.54) is 6.07 Å². The molecule has 1 aromatic carbocycles. The third-order valence-electron chi connectivity index (χ3n) is 2.23. The average Bonchev–Trinajstić information content (AvgIpc) is 2.34. The Balaban J connectivity index is 2.27. The van der Waals surface area contributed by atoms with Gasteiger partial charge in [-0.1, -0.05) is 0 Å². The van der Waals surface area contributed by atoms with E-state index in [0.29, 0.717) is 16.1 Å². The number of aromatic nitrogens is 2. The molecule has 18 heavy (non-hydrogen) atoms. The number of hydrogen-bond donors (Lipinski definition) is 2. The van der Waals surface area contributed by atoms with Crippen LogP contribution >= 0.6 is 15.9 Å². The van der Waals surface area contributed by atoms with Gasteiger partial charge < -0.3 is 10.4 Å². The number of carboxylic acids is 1. The molecule has 5 nitrogen and oxygen atoms in total. The lowest BCUT2D eigenvalue weighted by atomic mass is 10.2. The zero-order valence-corrected chi connectivity index (χ0v) is 11.1. The molecular weight excluding hydrogens is 298 g/mol. The molecule has 2 aromatic rings. The van der Waals surface area contributed by atoms with Gasteiger partial charge in [0, 0.05) is 22.6 Å². The molecule has 0 bridgehead atoms. The Kier molecular flexibility index (Phi) is 3.57. The molecule has 0 spiro atoms. The standard InChI is InChI=1S/C12H10BrN3O2/c1-7-5-14-12(15-6-7)16-8-2-3-10(13)9(4-8)11(17)18/h2-6H,1H3,(H,17,18)(H,14,15,16). The van der Waals surface area contributed by atoms with E-state index in [0.717, 1.165) is 5.56 Å². The Bertz CT molecular complexity index is 584. The summed E-state index contributed by atoms with van der Waals surface area (Å²) < 4.78 is 0.533. The fourth-order valence-corrected chi connectivity index (χ4v) is 1.77. The third kappa shape index (κ3) is 2.84. The highest BCUT2D eigenvalue weighted by Gasteiger charge is 2.09. The van der Waals surface area contributed by atoms with Gasteiger partial charge in [0.2, 0.25) is 5.95 Å². The number of aryl methyl sites for hydroxylation is 1. The van der Waals surface area contributed by atoms with Crippen LogP contribution in [-0.4, -0.2) is 21.0 Å². The van der Waals surface area contributed by atoms with Crippen LogP contribution in [0.5, 0.6) is 0 Å². The first kappa shape index (κ1) is 12.5. The minimum absolute atomic E-state index is 0.187. The van der Waals surface area contributed by atoms with Gasteiger partial charge in [0.25, 0.3) is 0 Å². The van der Waals surface area contributed by atoms with Crippen LogP contribution in [0.3, 0.4) is 0 Å². The molecule has 1 heterocycles. The molecule has 0 saturated carbocycles. The Hall–Kier alpha value is -1.95. The number of halogens is 1. The van der Waals surface area contributed by atoms with Crippen LogP contribution in [0, 0.1) is 6.92 Å². The van der Waals surface area contributed by atoms with Crippen molar-refractivity contribution in [2.45, 2.75) is 6.92 Å². The zero-order valence-electron chi connectivity index (χ0n) is 9.51. The van der Waals surface area contributed by atoms with Crippen LogP contribution < -0.4 is 5.32 Å². The highest BCUT2D eigenvalue weighted by Crippen LogP contribution is 2.22. The van der Waals surface area contributed by atoms with E-state index in [4.69, 9.17) is 5.11 Å². The molecule has 0 aliphatic rings. The molecule has 0 unspecified atom stereocenters. The molecular formula is C12H10BrN3O2. The zero-order chi connectivity index (χ0) is 13.1. The van der Waals surface area contributed by atoms with E-state index >= 15 is 0 Å². The maximum absolute atomic E-state index is 11.0. The van der Waals surface area contributed by atoms with Crippen LogP contribution in [0.4, 0.5) is 11.6 Å². The maximum atomic E-state index is 11.0. The van der Waals surface area contributed by atoms with Crippen LogP contribution in [0.1, 0.15) is 15.9 Å². The molecule has 2 rings (SSSR count).